The van der Waals surface area contributed by atoms with Crippen molar-refractivity contribution in [2.75, 3.05) is 0 Å². The van der Waals surface area contributed by atoms with Gasteiger partial charge in [-0.2, -0.15) is 0 Å². The van der Waals surface area contributed by atoms with Crippen LogP contribution in [0.2, 0.25) is 19.6 Å². The molecule has 0 aliphatic heterocycles. The largest absolute Gasteiger partial charge is 0.0938 e. The lowest BCUT2D eigenvalue weighted by atomic mass is 10.2. The molecular weight excluding hydrogens is 239 g/mol. The number of benzene rings is 1. The van der Waals surface area contributed by atoms with Crippen LogP contribution in [0.1, 0.15) is 11.1 Å². The third-order valence-corrected chi connectivity index (χ3v) is 10.1. The standard InChI is InChI=1S/C15H21PSi/c1-12-11-16(14-9-7-6-8-10-14)15(13(12)2)17(3,4)5/h6-11H,1-5H3. The summed E-state index contributed by atoms with van der Waals surface area (Å²) >= 11 is 0. The normalized spacial score (nSPS) is 12.9. The molecule has 0 bridgehead atoms. The molecule has 1 heterocycles. The van der Waals surface area contributed by atoms with Crippen molar-refractivity contribution in [2.45, 2.75) is 33.5 Å². The van der Waals surface area contributed by atoms with Crippen LogP contribution in [0.5, 0.6) is 0 Å². The van der Waals surface area contributed by atoms with E-state index in [0.29, 0.717) is 0 Å². The van der Waals surface area contributed by atoms with Crippen LogP contribution in [0, 0.1) is 13.8 Å². The molecule has 0 nitrogen and oxygen atoms in total. The summed E-state index contributed by atoms with van der Waals surface area (Å²) in [6, 6.07) is 11.0. The fourth-order valence-electron chi connectivity index (χ4n) is 2.44. The minimum absolute atomic E-state index is 0.191. The van der Waals surface area contributed by atoms with Crippen molar-refractivity contribution in [3.63, 3.8) is 0 Å². The van der Waals surface area contributed by atoms with Crippen LogP contribution >= 0.6 is 7.53 Å². The van der Waals surface area contributed by atoms with E-state index in [4.69, 9.17) is 0 Å². The molecule has 0 spiro atoms. The zero-order chi connectivity index (χ0) is 12.6. The second-order valence-corrected chi connectivity index (χ2v) is 13.1. The van der Waals surface area contributed by atoms with Crippen molar-refractivity contribution in [1.82, 2.24) is 0 Å². The first-order chi connectivity index (χ1) is 7.91. The zero-order valence-electron chi connectivity index (χ0n) is 11.4. The van der Waals surface area contributed by atoms with Gasteiger partial charge in [-0.15, -0.1) is 0 Å². The lowest BCUT2D eigenvalue weighted by Gasteiger charge is -2.20. The van der Waals surface area contributed by atoms with E-state index in [9.17, 15) is 0 Å². The highest BCUT2D eigenvalue weighted by Crippen LogP contribution is 2.41. The van der Waals surface area contributed by atoms with Crippen LogP contribution < -0.4 is 4.92 Å². The van der Waals surface area contributed by atoms with Gasteiger partial charge in [-0.05, 0) is 41.0 Å². The van der Waals surface area contributed by atoms with Crippen LogP contribution in [-0.2, 0) is 0 Å². The van der Waals surface area contributed by atoms with Gasteiger partial charge in [-0.3, -0.25) is 0 Å². The van der Waals surface area contributed by atoms with Gasteiger partial charge in [0.2, 0.25) is 0 Å². The molecule has 0 saturated heterocycles. The Bertz CT molecular complexity index is 518. The summed E-state index contributed by atoms with van der Waals surface area (Å²) in [5, 5.41) is 1.51. The average molecular weight is 260 g/mol. The van der Waals surface area contributed by atoms with Crippen LogP contribution in [0.25, 0.3) is 5.30 Å². The Morgan fingerprint density at radius 3 is 2.06 bits per heavy atom. The maximum atomic E-state index is 2.51. The van der Waals surface area contributed by atoms with Gasteiger partial charge in [-0.1, -0.05) is 57.5 Å². The minimum atomic E-state index is -1.22. The molecule has 2 aromatic rings. The van der Waals surface area contributed by atoms with E-state index in [1.807, 2.05) is 0 Å². The number of hydrogen-bond acceptors (Lipinski definition) is 0. The second-order valence-electron chi connectivity index (χ2n) is 5.74. The van der Waals surface area contributed by atoms with E-state index in [1.165, 1.54) is 10.9 Å². The van der Waals surface area contributed by atoms with Crippen molar-refractivity contribution in [3.8, 4) is 5.30 Å². The van der Waals surface area contributed by atoms with Crippen molar-refractivity contribution < 1.29 is 0 Å². The summed E-state index contributed by atoms with van der Waals surface area (Å²) in [6.45, 7) is 12.0. The first-order valence-corrected chi connectivity index (χ1v) is 11.1. The van der Waals surface area contributed by atoms with E-state index in [-0.39, 0.29) is 7.53 Å². The Labute approximate surface area is 107 Å². The van der Waals surface area contributed by atoms with E-state index >= 15 is 0 Å². The van der Waals surface area contributed by atoms with Gasteiger partial charge in [0.25, 0.3) is 0 Å². The maximum Gasteiger partial charge on any atom is 0.0834 e. The molecule has 1 atom stereocenters. The van der Waals surface area contributed by atoms with Crippen LogP contribution in [-0.4, -0.2) is 8.07 Å². The molecule has 0 aliphatic rings. The molecule has 1 unspecified atom stereocenters. The number of rotatable bonds is 2. The van der Waals surface area contributed by atoms with Gasteiger partial charge >= 0.3 is 0 Å². The third-order valence-electron chi connectivity index (χ3n) is 3.26. The Hall–Kier alpha value is -0.783. The molecule has 0 aliphatic carbocycles. The highest BCUT2D eigenvalue weighted by atomic mass is 31.1. The highest BCUT2D eigenvalue weighted by molar-refractivity contribution is 7.64. The molecular formula is C15H21PSi. The third kappa shape index (κ3) is 2.41. The zero-order valence-corrected chi connectivity index (χ0v) is 13.3. The van der Waals surface area contributed by atoms with E-state index in [2.05, 4.69) is 69.6 Å². The Kier molecular flexibility index (Phi) is 3.33. The van der Waals surface area contributed by atoms with E-state index in [1.54, 1.807) is 10.5 Å². The summed E-state index contributed by atoms with van der Waals surface area (Å²) in [5.41, 5.74) is 3.07. The summed E-state index contributed by atoms with van der Waals surface area (Å²) in [7, 11) is -1.41. The molecule has 2 heteroatoms. The first kappa shape index (κ1) is 12.7. The van der Waals surface area contributed by atoms with Crippen molar-refractivity contribution in [3.05, 3.63) is 47.3 Å². The van der Waals surface area contributed by atoms with Gasteiger partial charge in [0.1, 0.15) is 0 Å². The number of hydrogen-bond donors (Lipinski definition) is 0. The Balaban J connectivity index is 2.67. The predicted octanol–water partition coefficient (Wildman–Crippen LogP) is 4.82. The number of aryl methyl sites for hydroxylation is 1. The van der Waals surface area contributed by atoms with E-state index < -0.39 is 8.07 Å². The molecule has 90 valence electrons. The molecule has 1 aromatic heterocycles. The molecule has 0 N–H and O–H groups in total. The SMILES string of the molecule is Cc1cp(-c2ccccc2)c([Si](C)(C)C)c1C. The molecule has 1 aromatic carbocycles. The molecule has 0 fully saturated rings. The van der Waals surface area contributed by atoms with E-state index in [0.717, 1.165) is 0 Å². The van der Waals surface area contributed by atoms with Crippen LogP contribution in [0.15, 0.2) is 36.1 Å². The average Bonchev–Trinajstić information content (AvgIpc) is 2.56. The lowest BCUT2D eigenvalue weighted by molar-refractivity contribution is 1.41. The molecule has 0 saturated carbocycles. The minimum Gasteiger partial charge on any atom is -0.0938 e. The van der Waals surface area contributed by atoms with Crippen molar-refractivity contribution in [2.24, 2.45) is 0 Å². The summed E-state index contributed by atoms with van der Waals surface area (Å²) < 4.78 is 0. The van der Waals surface area contributed by atoms with Crippen LogP contribution in [0.4, 0.5) is 0 Å². The predicted molar refractivity (Wildman–Crippen MR) is 82.9 cm³/mol. The smallest absolute Gasteiger partial charge is 0.0834 e. The highest BCUT2D eigenvalue weighted by Gasteiger charge is 2.25. The summed E-state index contributed by atoms with van der Waals surface area (Å²) in [5.74, 6) is 2.51. The molecule has 2 rings (SSSR count). The Morgan fingerprint density at radius 1 is 0.941 bits per heavy atom. The Morgan fingerprint density at radius 2 is 1.53 bits per heavy atom. The molecule has 0 radical (unpaired) electrons. The van der Waals surface area contributed by atoms with Gasteiger partial charge < -0.3 is 0 Å². The topological polar surface area (TPSA) is 0 Å². The van der Waals surface area contributed by atoms with Gasteiger partial charge in [0.15, 0.2) is 0 Å². The van der Waals surface area contributed by atoms with Gasteiger partial charge in [0, 0.05) is 0 Å². The van der Waals surface area contributed by atoms with Gasteiger partial charge in [0.05, 0.1) is 8.07 Å². The fourth-order valence-corrected chi connectivity index (χ4v) is 9.38. The van der Waals surface area contributed by atoms with Gasteiger partial charge in [-0.25, -0.2) is 0 Å². The monoisotopic (exact) mass is 260 g/mol. The van der Waals surface area contributed by atoms with Crippen molar-refractivity contribution >= 4 is 20.5 Å². The quantitative estimate of drug-likeness (QED) is 0.679. The first-order valence-electron chi connectivity index (χ1n) is 6.15. The summed E-state index contributed by atoms with van der Waals surface area (Å²) in [4.78, 5) is 1.77. The van der Waals surface area contributed by atoms with Crippen molar-refractivity contribution in [1.29, 1.82) is 0 Å². The second kappa shape index (κ2) is 4.47. The lowest BCUT2D eigenvalue weighted by Crippen LogP contribution is -2.37. The fraction of sp³-hybridized carbons (Fsp3) is 0.333. The van der Waals surface area contributed by atoms with Crippen LogP contribution in [0.3, 0.4) is 0 Å². The maximum absolute atomic E-state index is 2.51. The summed E-state index contributed by atoms with van der Waals surface area (Å²) in [6.07, 6.45) is 0. The molecule has 17 heavy (non-hydrogen) atoms. The molecule has 0 amide bonds.